The average Bonchev–Trinajstić information content (AvgIpc) is 2.92. The maximum Gasteiger partial charge on any atom is 0.408 e. The summed E-state index contributed by atoms with van der Waals surface area (Å²) in [5.74, 6) is 0. The zero-order valence-electron chi connectivity index (χ0n) is 15.5. The van der Waals surface area contributed by atoms with Crippen molar-refractivity contribution in [3.63, 3.8) is 0 Å². The number of ether oxygens (including phenoxy) is 1. The lowest BCUT2D eigenvalue weighted by atomic mass is 9.93. The smallest absolute Gasteiger partial charge is 0.408 e. The maximum absolute atomic E-state index is 12.1. The highest BCUT2D eigenvalue weighted by Crippen LogP contribution is 2.16. The van der Waals surface area contributed by atoms with Gasteiger partial charge in [-0.25, -0.2) is 4.79 Å². The minimum absolute atomic E-state index is 0.282. The zero-order valence-corrected chi connectivity index (χ0v) is 15.5. The predicted octanol–water partition coefficient (Wildman–Crippen LogP) is 3.68. The largest absolute Gasteiger partial charge is 0.444 e. The van der Waals surface area contributed by atoms with E-state index in [1.54, 1.807) is 0 Å². The van der Waals surface area contributed by atoms with Gasteiger partial charge in [0.1, 0.15) is 5.60 Å². The molecule has 0 unspecified atom stereocenters. The Balaban J connectivity index is 2.56. The van der Waals surface area contributed by atoms with Crippen LogP contribution in [0.5, 0.6) is 0 Å². The molecule has 23 heavy (non-hydrogen) atoms. The van der Waals surface area contributed by atoms with Crippen LogP contribution < -0.4 is 10.6 Å². The molecule has 1 amide bonds. The van der Waals surface area contributed by atoms with E-state index in [0.29, 0.717) is 0 Å². The highest BCUT2D eigenvalue weighted by Gasteiger charge is 2.30. The number of carbonyl (C=O) groups is 1. The van der Waals surface area contributed by atoms with Gasteiger partial charge in [0.2, 0.25) is 0 Å². The summed E-state index contributed by atoms with van der Waals surface area (Å²) in [5.41, 5.74) is 0.494. The Morgan fingerprint density at radius 2 is 1.87 bits per heavy atom. The molecule has 0 aliphatic rings. The quantitative estimate of drug-likeness (QED) is 0.767. The monoisotopic (exact) mass is 323 g/mol. The van der Waals surface area contributed by atoms with Crippen LogP contribution in [0.2, 0.25) is 0 Å². The summed E-state index contributed by atoms with van der Waals surface area (Å²) in [4.78, 5) is 12.1. The van der Waals surface area contributed by atoms with Crippen molar-refractivity contribution in [1.29, 1.82) is 0 Å². The third kappa shape index (κ3) is 6.65. The van der Waals surface area contributed by atoms with Crippen LogP contribution in [0.3, 0.4) is 0 Å². The zero-order chi connectivity index (χ0) is 17.5. The molecule has 0 atom stereocenters. The van der Waals surface area contributed by atoms with E-state index >= 15 is 0 Å². The second-order valence-electron chi connectivity index (χ2n) is 7.07. The summed E-state index contributed by atoms with van der Waals surface area (Å²) in [6.45, 7) is 14.4. The molecule has 5 heteroatoms. The van der Waals surface area contributed by atoms with Crippen LogP contribution in [-0.4, -0.2) is 28.3 Å². The highest BCUT2D eigenvalue weighted by atomic mass is 16.6. The normalized spacial score (nSPS) is 12.3. The van der Waals surface area contributed by atoms with E-state index in [1.165, 1.54) is 5.56 Å². The average molecular weight is 323 g/mol. The van der Waals surface area contributed by atoms with Gasteiger partial charge >= 0.3 is 6.09 Å². The van der Waals surface area contributed by atoms with Crippen LogP contribution in [0, 0.1) is 0 Å². The van der Waals surface area contributed by atoms with Gasteiger partial charge in [-0.2, -0.15) is 0 Å². The fourth-order valence-corrected chi connectivity index (χ4v) is 2.48. The molecule has 132 valence electrons. The lowest BCUT2D eigenvalue weighted by Crippen LogP contribution is -2.55. The van der Waals surface area contributed by atoms with Crippen molar-refractivity contribution in [2.24, 2.45) is 0 Å². The molecule has 1 heterocycles. The van der Waals surface area contributed by atoms with Crippen LogP contribution in [0.1, 0.15) is 59.9 Å². The molecule has 0 radical (unpaired) electrons. The number of hydrogen-bond acceptors (Lipinski definition) is 3. The predicted molar refractivity (Wildman–Crippen MR) is 94.5 cm³/mol. The molecule has 0 spiro atoms. The first kappa shape index (κ1) is 19.6. The summed E-state index contributed by atoms with van der Waals surface area (Å²) in [6.07, 6.45) is 5.59. The van der Waals surface area contributed by atoms with Crippen LogP contribution in [0.15, 0.2) is 18.5 Å². The minimum Gasteiger partial charge on any atom is -0.444 e. The number of nitrogens with zero attached hydrogens (tertiary/aromatic N) is 1. The SMILES string of the molecule is CCn1ccc(CNCC(CC)(CC)NC(=O)OC(C)(C)C)c1. The number of amides is 1. The van der Waals surface area contributed by atoms with Gasteiger partial charge in [-0.1, -0.05) is 13.8 Å². The van der Waals surface area contributed by atoms with Crippen molar-refractivity contribution in [3.05, 3.63) is 24.0 Å². The van der Waals surface area contributed by atoms with E-state index in [2.05, 4.69) is 54.4 Å². The molecule has 0 saturated heterocycles. The van der Waals surface area contributed by atoms with Crippen LogP contribution in [-0.2, 0) is 17.8 Å². The fourth-order valence-electron chi connectivity index (χ4n) is 2.48. The summed E-state index contributed by atoms with van der Waals surface area (Å²) < 4.78 is 7.55. The first-order chi connectivity index (χ1) is 10.7. The molecule has 1 aromatic heterocycles. The minimum atomic E-state index is -0.478. The molecule has 0 saturated carbocycles. The van der Waals surface area contributed by atoms with Gasteiger partial charge in [0, 0.05) is 32.0 Å². The number of hydrogen-bond donors (Lipinski definition) is 2. The topological polar surface area (TPSA) is 55.3 Å². The van der Waals surface area contributed by atoms with Crippen LogP contribution in [0.4, 0.5) is 4.79 Å². The van der Waals surface area contributed by atoms with E-state index in [1.807, 2.05) is 20.8 Å². The van der Waals surface area contributed by atoms with Gasteiger partial charge < -0.3 is 19.9 Å². The Hall–Kier alpha value is -1.49. The second-order valence-corrected chi connectivity index (χ2v) is 7.07. The van der Waals surface area contributed by atoms with Gasteiger partial charge in [-0.05, 0) is 52.2 Å². The third-order valence-corrected chi connectivity index (χ3v) is 4.09. The van der Waals surface area contributed by atoms with E-state index < -0.39 is 5.60 Å². The molecule has 5 nitrogen and oxygen atoms in total. The van der Waals surface area contributed by atoms with Crippen molar-refractivity contribution in [3.8, 4) is 0 Å². The summed E-state index contributed by atoms with van der Waals surface area (Å²) in [7, 11) is 0. The van der Waals surface area contributed by atoms with E-state index in [4.69, 9.17) is 4.74 Å². The number of rotatable bonds is 8. The molecular formula is C18H33N3O2. The Labute approximate surface area is 140 Å². The second kappa shape index (κ2) is 8.39. The Morgan fingerprint density at radius 1 is 1.22 bits per heavy atom. The Morgan fingerprint density at radius 3 is 2.35 bits per heavy atom. The molecule has 0 aromatic carbocycles. The Kier molecular flexibility index (Phi) is 7.13. The Bertz CT molecular complexity index is 485. The van der Waals surface area contributed by atoms with Gasteiger partial charge in [0.25, 0.3) is 0 Å². The first-order valence-electron chi connectivity index (χ1n) is 8.60. The van der Waals surface area contributed by atoms with Crippen molar-refractivity contribution < 1.29 is 9.53 Å². The van der Waals surface area contributed by atoms with Gasteiger partial charge in [-0.15, -0.1) is 0 Å². The van der Waals surface area contributed by atoms with E-state index in [9.17, 15) is 4.79 Å². The van der Waals surface area contributed by atoms with Crippen LogP contribution >= 0.6 is 0 Å². The van der Waals surface area contributed by atoms with Crippen molar-refractivity contribution >= 4 is 6.09 Å². The number of aromatic nitrogens is 1. The molecule has 0 bridgehead atoms. The summed E-state index contributed by atoms with van der Waals surface area (Å²) in [6, 6.07) is 2.12. The molecule has 0 aliphatic carbocycles. The lowest BCUT2D eigenvalue weighted by Gasteiger charge is -2.34. The molecule has 1 rings (SSSR count). The first-order valence-corrected chi connectivity index (χ1v) is 8.60. The maximum atomic E-state index is 12.1. The molecule has 0 aliphatic heterocycles. The molecule has 2 N–H and O–H groups in total. The van der Waals surface area contributed by atoms with Crippen LogP contribution in [0.25, 0.3) is 0 Å². The summed E-state index contributed by atoms with van der Waals surface area (Å²) >= 11 is 0. The van der Waals surface area contributed by atoms with Crippen molar-refractivity contribution in [2.75, 3.05) is 6.54 Å². The standard InChI is InChI=1S/C18H33N3O2/c1-7-18(8-2,20-16(22)23-17(4,5)6)14-19-12-15-10-11-21(9-3)13-15/h10-11,13,19H,7-9,12,14H2,1-6H3,(H,20,22). The van der Waals surface area contributed by atoms with Gasteiger partial charge in [0.05, 0.1) is 5.54 Å². The molecule has 0 fully saturated rings. The van der Waals surface area contributed by atoms with Crippen molar-refractivity contribution in [1.82, 2.24) is 15.2 Å². The number of aryl methyl sites for hydroxylation is 1. The number of alkyl carbamates (subject to hydrolysis) is 1. The molecule has 1 aromatic rings. The van der Waals surface area contributed by atoms with Gasteiger partial charge in [-0.3, -0.25) is 0 Å². The van der Waals surface area contributed by atoms with Crippen molar-refractivity contribution in [2.45, 2.75) is 78.6 Å². The summed E-state index contributed by atoms with van der Waals surface area (Å²) in [5, 5.41) is 6.53. The molecular weight excluding hydrogens is 290 g/mol. The van der Waals surface area contributed by atoms with E-state index in [-0.39, 0.29) is 11.6 Å². The third-order valence-electron chi connectivity index (χ3n) is 4.09. The highest BCUT2D eigenvalue weighted by molar-refractivity contribution is 5.68. The fraction of sp³-hybridized carbons (Fsp3) is 0.722. The number of nitrogens with one attached hydrogen (secondary N) is 2. The van der Waals surface area contributed by atoms with Gasteiger partial charge in [0.15, 0.2) is 0 Å². The lowest BCUT2D eigenvalue weighted by molar-refractivity contribution is 0.0446. The van der Waals surface area contributed by atoms with E-state index in [0.717, 1.165) is 32.5 Å². The number of carbonyl (C=O) groups excluding carboxylic acids is 1.